The smallest absolute Gasteiger partial charge is 0.0949 e. The first-order chi connectivity index (χ1) is 8.49. The van der Waals surface area contributed by atoms with Crippen LogP contribution in [0.2, 0.25) is 0 Å². The molecule has 0 spiro atoms. The van der Waals surface area contributed by atoms with Crippen LogP contribution in [0, 0.1) is 12.8 Å². The summed E-state index contributed by atoms with van der Waals surface area (Å²) >= 11 is 0. The van der Waals surface area contributed by atoms with Crippen molar-refractivity contribution in [1.29, 1.82) is 0 Å². The third kappa shape index (κ3) is 5.65. The lowest BCUT2D eigenvalue weighted by Gasteiger charge is -2.22. The number of benzene rings is 1. The van der Waals surface area contributed by atoms with Crippen LogP contribution in [0.15, 0.2) is 24.3 Å². The average molecular weight is 249 g/mol. The van der Waals surface area contributed by atoms with Gasteiger partial charge in [-0.1, -0.05) is 57.5 Å². The van der Waals surface area contributed by atoms with Crippen LogP contribution in [0.1, 0.15) is 44.9 Å². The van der Waals surface area contributed by atoms with Crippen LogP contribution in [0.25, 0.3) is 0 Å². The highest BCUT2D eigenvalue weighted by atomic mass is 16.5. The van der Waals surface area contributed by atoms with Crippen molar-refractivity contribution in [2.45, 2.75) is 46.8 Å². The summed E-state index contributed by atoms with van der Waals surface area (Å²) in [5, 5.41) is 3.46. The Balaban J connectivity index is 2.69. The normalized spacial score (nSPS) is 13.3. The highest BCUT2D eigenvalue weighted by Crippen LogP contribution is 2.19. The zero-order chi connectivity index (χ0) is 13.5. The minimum atomic E-state index is 0.148. The Bertz CT molecular complexity index is 335. The van der Waals surface area contributed by atoms with E-state index in [1.165, 1.54) is 11.1 Å². The molecule has 1 aromatic rings. The van der Waals surface area contributed by atoms with Gasteiger partial charge in [-0.2, -0.15) is 0 Å². The molecule has 18 heavy (non-hydrogen) atoms. The number of hydrogen-bond donors (Lipinski definition) is 1. The Morgan fingerprint density at radius 3 is 2.44 bits per heavy atom. The van der Waals surface area contributed by atoms with E-state index in [0.29, 0.717) is 12.0 Å². The molecule has 1 N–H and O–H groups in total. The standard InChI is InChI=1S/C16H27NO/c1-12(2)11-18-16(10-17-13(3)4)15-8-6-7-14(5)9-15/h6-9,12-13,16-17H,10-11H2,1-5H3. The van der Waals surface area contributed by atoms with Gasteiger partial charge < -0.3 is 10.1 Å². The van der Waals surface area contributed by atoms with Crippen molar-refractivity contribution in [2.75, 3.05) is 13.2 Å². The van der Waals surface area contributed by atoms with Crippen molar-refractivity contribution in [3.63, 3.8) is 0 Å². The summed E-state index contributed by atoms with van der Waals surface area (Å²) in [7, 11) is 0. The van der Waals surface area contributed by atoms with Crippen molar-refractivity contribution in [2.24, 2.45) is 5.92 Å². The van der Waals surface area contributed by atoms with Gasteiger partial charge in [-0.25, -0.2) is 0 Å². The molecule has 0 aliphatic carbocycles. The Morgan fingerprint density at radius 2 is 1.89 bits per heavy atom. The molecule has 0 aliphatic rings. The lowest BCUT2D eigenvalue weighted by molar-refractivity contribution is 0.0340. The molecule has 102 valence electrons. The highest BCUT2D eigenvalue weighted by molar-refractivity contribution is 5.24. The molecular weight excluding hydrogens is 222 g/mol. The van der Waals surface area contributed by atoms with Gasteiger partial charge in [-0.15, -0.1) is 0 Å². The van der Waals surface area contributed by atoms with Crippen LogP contribution in [0.5, 0.6) is 0 Å². The number of hydrogen-bond acceptors (Lipinski definition) is 2. The summed E-state index contributed by atoms with van der Waals surface area (Å²) in [6.07, 6.45) is 0.148. The van der Waals surface area contributed by atoms with Gasteiger partial charge in [0.25, 0.3) is 0 Å². The first-order valence-corrected chi connectivity index (χ1v) is 6.90. The van der Waals surface area contributed by atoms with E-state index in [1.54, 1.807) is 0 Å². The van der Waals surface area contributed by atoms with E-state index in [0.717, 1.165) is 13.2 Å². The molecule has 2 heteroatoms. The lowest BCUT2D eigenvalue weighted by atomic mass is 10.1. The Hall–Kier alpha value is -0.860. The molecule has 0 saturated carbocycles. The molecule has 0 bridgehead atoms. The maximum Gasteiger partial charge on any atom is 0.0949 e. The van der Waals surface area contributed by atoms with Gasteiger partial charge >= 0.3 is 0 Å². The van der Waals surface area contributed by atoms with E-state index in [-0.39, 0.29) is 6.10 Å². The summed E-state index contributed by atoms with van der Waals surface area (Å²) in [5.41, 5.74) is 2.55. The predicted octanol–water partition coefficient (Wildman–Crippen LogP) is 3.71. The largest absolute Gasteiger partial charge is 0.372 e. The second-order valence-corrected chi connectivity index (χ2v) is 5.69. The summed E-state index contributed by atoms with van der Waals surface area (Å²) < 4.78 is 6.03. The van der Waals surface area contributed by atoms with Crippen molar-refractivity contribution in [3.05, 3.63) is 35.4 Å². The molecule has 1 atom stereocenters. The molecule has 0 heterocycles. The molecule has 0 saturated heterocycles. The third-order valence-electron chi connectivity index (χ3n) is 2.76. The fourth-order valence-electron chi connectivity index (χ4n) is 1.79. The number of ether oxygens (including phenoxy) is 1. The highest BCUT2D eigenvalue weighted by Gasteiger charge is 2.13. The van der Waals surface area contributed by atoms with Gasteiger partial charge in [0.1, 0.15) is 0 Å². The summed E-state index contributed by atoms with van der Waals surface area (Å²) in [6, 6.07) is 9.08. The summed E-state index contributed by atoms with van der Waals surface area (Å²) in [5.74, 6) is 0.566. The quantitative estimate of drug-likeness (QED) is 0.795. The Kier molecular flexibility index (Phi) is 6.37. The van der Waals surface area contributed by atoms with E-state index in [4.69, 9.17) is 4.74 Å². The Labute approximate surface area is 112 Å². The number of rotatable bonds is 7. The zero-order valence-corrected chi connectivity index (χ0v) is 12.4. The molecule has 2 nitrogen and oxygen atoms in total. The Morgan fingerprint density at radius 1 is 1.17 bits per heavy atom. The number of nitrogens with one attached hydrogen (secondary N) is 1. The van der Waals surface area contributed by atoms with Crippen LogP contribution in [-0.4, -0.2) is 19.2 Å². The van der Waals surface area contributed by atoms with Gasteiger partial charge in [0, 0.05) is 19.2 Å². The van der Waals surface area contributed by atoms with Crippen LogP contribution in [-0.2, 0) is 4.74 Å². The molecule has 0 amide bonds. The first kappa shape index (κ1) is 15.2. The predicted molar refractivity (Wildman–Crippen MR) is 77.8 cm³/mol. The lowest BCUT2D eigenvalue weighted by Crippen LogP contribution is -2.29. The fourth-order valence-corrected chi connectivity index (χ4v) is 1.79. The minimum absolute atomic E-state index is 0.148. The molecule has 0 aromatic heterocycles. The molecular formula is C16H27NO. The average Bonchev–Trinajstić information content (AvgIpc) is 2.28. The van der Waals surface area contributed by atoms with Crippen LogP contribution < -0.4 is 5.32 Å². The van der Waals surface area contributed by atoms with E-state index in [1.807, 2.05) is 0 Å². The second kappa shape index (κ2) is 7.55. The monoisotopic (exact) mass is 249 g/mol. The van der Waals surface area contributed by atoms with E-state index >= 15 is 0 Å². The first-order valence-electron chi connectivity index (χ1n) is 6.90. The molecule has 0 radical (unpaired) electrons. The molecule has 1 rings (SSSR count). The SMILES string of the molecule is Cc1cccc(C(CNC(C)C)OCC(C)C)c1. The van der Waals surface area contributed by atoms with E-state index in [9.17, 15) is 0 Å². The van der Waals surface area contributed by atoms with Gasteiger partial charge in [-0.05, 0) is 18.4 Å². The third-order valence-corrected chi connectivity index (χ3v) is 2.76. The molecule has 0 aliphatic heterocycles. The maximum absolute atomic E-state index is 6.03. The van der Waals surface area contributed by atoms with Gasteiger partial charge in [0.2, 0.25) is 0 Å². The molecule has 1 unspecified atom stereocenters. The van der Waals surface area contributed by atoms with Crippen molar-refractivity contribution >= 4 is 0 Å². The molecule has 0 fully saturated rings. The second-order valence-electron chi connectivity index (χ2n) is 5.69. The topological polar surface area (TPSA) is 21.3 Å². The van der Waals surface area contributed by atoms with Crippen LogP contribution >= 0.6 is 0 Å². The zero-order valence-electron chi connectivity index (χ0n) is 12.4. The summed E-state index contributed by atoms with van der Waals surface area (Å²) in [6.45, 7) is 12.5. The van der Waals surface area contributed by atoms with Gasteiger partial charge in [0.15, 0.2) is 0 Å². The fraction of sp³-hybridized carbons (Fsp3) is 0.625. The van der Waals surface area contributed by atoms with Gasteiger partial charge in [-0.3, -0.25) is 0 Å². The van der Waals surface area contributed by atoms with E-state index < -0.39 is 0 Å². The minimum Gasteiger partial charge on any atom is -0.372 e. The summed E-state index contributed by atoms with van der Waals surface area (Å²) in [4.78, 5) is 0. The van der Waals surface area contributed by atoms with Crippen LogP contribution in [0.3, 0.4) is 0 Å². The van der Waals surface area contributed by atoms with E-state index in [2.05, 4.69) is 64.2 Å². The number of aryl methyl sites for hydroxylation is 1. The molecule has 1 aromatic carbocycles. The van der Waals surface area contributed by atoms with Crippen molar-refractivity contribution < 1.29 is 4.74 Å². The van der Waals surface area contributed by atoms with Crippen LogP contribution in [0.4, 0.5) is 0 Å². The van der Waals surface area contributed by atoms with Crippen molar-refractivity contribution in [3.8, 4) is 0 Å². The maximum atomic E-state index is 6.03. The van der Waals surface area contributed by atoms with Crippen molar-refractivity contribution in [1.82, 2.24) is 5.32 Å². The van der Waals surface area contributed by atoms with Gasteiger partial charge in [0.05, 0.1) is 6.10 Å².